The van der Waals surface area contributed by atoms with Crippen molar-refractivity contribution < 1.29 is 9.59 Å². The van der Waals surface area contributed by atoms with Crippen molar-refractivity contribution in [3.63, 3.8) is 0 Å². The summed E-state index contributed by atoms with van der Waals surface area (Å²) in [6.07, 6.45) is 6.65. The lowest BCUT2D eigenvalue weighted by Gasteiger charge is -2.59. The van der Waals surface area contributed by atoms with Crippen LogP contribution >= 0.6 is 22.9 Å². The Morgan fingerprint density at radius 2 is 1.74 bits per heavy atom. The first kappa shape index (κ1) is 15.3. The van der Waals surface area contributed by atoms with Gasteiger partial charge in [0.25, 0.3) is 5.91 Å². The topological polar surface area (TPSA) is 75.4 Å². The molecule has 5 nitrogen and oxygen atoms in total. The van der Waals surface area contributed by atoms with E-state index in [1.165, 1.54) is 35.6 Å². The van der Waals surface area contributed by atoms with Gasteiger partial charge in [-0.05, 0) is 68.4 Å². The molecule has 3 amide bonds. The van der Waals surface area contributed by atoms with E-state index in [4.69, 9.17) is 17.3 Å². The van der Waals surface area contributed by atoms with Crippen molar-refractivity contribution in [2.45, 2.75) is 44.1 Å². The van der Waals surface area contributed by atoms with E-state index in [-0.39, 0.29) is 11.4 Å². The third-order valence-corrected chi connectivity index (χ3v) is 6.94. The van der Waals surface area contributed by atoms with Crippen LogP contribution < -0.4 is 11.2 Å². The number of amides is 3. The van der Waals surface area contributed by atoms with Crippen LogP contribution in [-0.2, 0) is 0 Å². The second-order valence-corrected chi connectivity index (χ2v) is 9.08. The van der Waals surface area contributed by atoms with E-state index in [0.717, 1.165) is 19.3 Å². The lowest BCUT2D eigenvalue weighted by Crippen LogP contribution is -2.67. The molecule has 4 aliphatic carbocycles. The van der Waals surface area contributed by atoms with Gasteiger partial charge < -0.3 is 5.73 Å². The van der Waals surface area contributed by atoms with Gasteiger partial charge in [0.15, 0.2) is 0 Å². The molecule has 4 aliphatic rings. The van der Waals surface area contributed by atoms with Gasteiger partial charge in [-0.3, -0.25) is 10.2 Å². The molecular weight excluding hydrogens is 334 g/mol. The molecule has 1 aromatic rings. The summed E-state index contributed by atoms with van der Waals surface area (Å²) >= 11 is 7.09. The van der Waals surface area contributed by atoms with Gasteiger partial charge in [0.05, 0.1) is 14.8 Å². The molecule has 0 atom stereocenters. The minimum absolute atomic E-state index is 0.294. The molecular formula is C16H20ClN3O2S. The summed E-state index contributed by atoms with van der Waals surface area (Å²) in [5, 5.41) is 1.44. The molecule has 3 N–H and O–H groups in total. The van der Waals surface area contributed by atoms with Gasteiger partial charge in [-0.15, -0.1) is 11.3 Å². The lowest BCUT2D eigenvalue weighted by molar-refractivity contribution is -0.0818. The van der Waals surface area contributed by atoms with E-state index in [1.807, 2.05) is 0 Å². The summed E-state index contributed by atoms with van der Waals surface area (Å²) in [7, 11) is 0. The molecule has 0 radical (unpaired) electrons. The van der Waals surface area contributed by atoms with Crippen LogP contribution in [0.15, 0.2) is 12.1 Å². The zero-order valence-electron chi connectivity index (χ0n) is 12.8. The zero-order chi connectivity index (χ0) is 16.2. The van der Waals surface area contributed by atoms with Crippen LogP contribution in [0, 0.1) is 17.8 Å². The molecule has 1 heterocycles. The standard InChI is InChI=1S/C16H20ClN3O2S/c17-13-2-1-12(23-13)14(21)19-20(15(18)22)16-6-9-3-10(7-16)5-11(4-9)8-16/h1-2,9-11H,3-8H2,(H2,18,22)(H,19,21). The molecule has 4 bridgehead atoms. The van der Waals surface area contributed by atoms with Crippen LogP contribution in [0.5, 0.6) is 0 Å². The van der Waals surface area contributed by atoms with E-state index in [1.54, 1.807) is 12.1 Å². The average Bonchev–Trinajstić information content (AvgIpc) is 2.89. The lowest BCUT2D eigenvalue weighted by atomic mass is 9.53. The molecule has 7 heteroatoms. The highest BCUT2D eigenvalue weighted by atomic mass is 35.5. The van der Waals surface area contributed by atoms with Crippen molar-refractivity contribution in [1.29, 1.82) is 0 Å². The molecule has 0 aromatic carbocycles. The Labute approximate surface area is 144 Å². The summed E-state index contributed by atoms with van der Waals surface area (Å²) in [6.45, 7) is 0. The maximum Gasteiger partial charge on any atom is 0.334 e. The maximum atomic E-state index is 12.5. The number of hydrazine groups is 1. The molecule has 5 rings (SSSR count). The second kappa shape index (κ2) is 5.38. The fourth-order valence-electron chi connectivity index (χ4n) is 5.34. The third kappa shape index (κ3) is 2.62. The van der Waals surface area contributed by atoms with Gasteiger partial charge >= 0.3 is 6.03 Å². The van der Waals surface area contributed by atoms with E-state index >= 15 is 0 Å². The van der Waals surface area contributed by atoms with Gasteiger partial charge in [0, 0.05) is 0 Å². The van der Waals surface area contributed by atoms with E-state index in [2.05, 4.69) is 5.43 Å². The van der Waals surface area contributed by atoms with Crippen molar-refractivity contribution in [2.75, 3.05) is 0 Å². The number of primary amides is 1. The van der Waals surface area contributed by atoms with Crippen molar-refractivity contribution in [3.05, 3.63) is 21.3 Å². The minimum Gasteiger partial charge on any atom is -0.350 e. The predicted molar refractivity (Wildman–Crippen MR) is 89.1 cm³/mol. The number of carbonyl (C=O) groups excluding carboxylic acids is 2. The number of nitrogens with one attached hydrogen (secondary N) is 1. The van der Waals surface area contributed by atoms with Crippen LogP contribution in [0.4, 0.5) is 4.79 Å². The molecule has 4 fully saturated rings. The summed E-state index contributed by atoms with van der Waals surface area (Å²) in [5.41, 5.74) is 8.12. The SMILES string of the molecule is NC(=O)N(NC(=O)c1ccc(Cl)s1)C12CC3CC(CC(C3)C1)C2. The molecule has 0 spiro atoms. The number of nitrogens with zero attached hydrogens (tertiary/aromatic N) is 1. The number of rotatable bonds is 2. The third-order valence-electron chi connectivity index (χ3n) is 5.71. The van der Waals surface area contributed by atoms with Gasteiger partial charge in [0.1, 0.15) is 0 Å². The number of thiophene rings is 1. The maximum absolute atomic E-state index is 12.5. The highest BCUT2D eigenvalue weighted by molar-refractivity contribution is 7.17. The van der Waals surface area contributed by atoms with Gasteiger partial charge in [-0.25, -0.2) is 9.80 Å². The predicted octanol–water partition coefficient (Wildman–Crippen LogP) is 3.40. The Bertz CT molecular complexity index is 624. The quantitative estimate of drug-likeness (QED) is 0.799. The summed E-state index contributed by atoms with van der Waals surface area (Å²) in [5.74, 6) is 1.68. The number of urea groups is 1. The smallest absolute Gasteiger partial charge is 0.334 e. The van der Waals surface area contributed by atoms with E-state index < -0.39 is 6.03 Å². The van der Waals surface area contributed by atoms with Crippen molar-refractivity contribution >= 4 is 34.9 Å². The highest BCUT2D eigenvalue weighted by Crippen LogP contribution is 2.57. The van der Waals surface area contributed by atoms with Crippen LogP contribution in [-0.4, -0.2) is 22.5 Å². The Hall–Kier alpha value is -1.27. The Morgan fingerprint density at radius 3 is 2.17 bits per heavy atom. The van der Waals surface area contributed by atoms with Gasteiger partial charge in [0.2, 0.25) is 0 Å². The van der Waals surface area contributed by atoms with Crippen molar-refractivity contribution in [1.82, 2.24) is 10.4 Å². The molecule has 23 heavy (non-hydrogen) atoms. The van der Waals surface area contributed by atoms with Gasteiger partial charge in [-0.2, -0.15) is 0 Å². The Kier molecular flexibility index (Phi) is 3.57. The number of nitrogens with two attached hydrogens (primary N) is 1. The fourth-order valence-corrected chi connectivity index (χ4v) is 6.27. The first-order valence-corrected chi connectivity index (χ1v) is 9.31. The first-order valence-electron chi connectivity index (χ1n) is 8.11. The van der Waals surface area contributed by atoms with Crippen molar-refractivity contribution in [2.24, 2.45) is 23.5 Å². The Balaban J connectivity index is 1.58. The molecule has 1 aromatic heterocycles. The van der Waals surface area contributed by atoms with Crippen LogP contribution in [0.3, 0.4) is 0 Å². The average molecular weight is 354 g/mol. The molecule has 124 valence electrons. The number of hydrogen-bond acceptors (Lipinski definition) is 3. The fraction of sp³-hybridized carbons (Fsp3) is 0.625. The van der Waals surface area contributed by atoms with Gasteiger partial charge in [-0.1, -0.05) is 11.6 Å². The monoisotopic (exact) mass is 353 g/mol. The Morgan fingerprint density at radius 1 is 1.17 bits per heavy atom. The normalized spacial score (nSPS) is 34.4. The van der Waals surface area contributed by atoms with Crippen molar-refractivity contribution in [3.8, 4) is 0 Å². The number of carbonyl (C=O) groups is 2. The highest BCUT2D eigenvalue weighted by Gasteiger charge is 2.55. The van der Waals surface area contributed by atoms with Crippen LogP contribution in [0.2, 0.25) is 4.34 Å². The van der Waals surface area contributed by atoms with Crippen LogP contribution in [0.1, 0.15) is 48.2 Å². The second-order valence-electron chi connectivity index (χ2n) is 7.36. The van der Waals surface area contributed by atoms with E-state index in [0.29, 0.717) is 27.0 Å². The first-order chi connectivity index (χ1) is 10.9. The molecule has 0 saturated heterocycles. The molecule has 4 saturated carbocycles. The number of halogens is 1. The molecule has 0 aliphatic heterocycles. The molecule has 0 unspecified atom stereocenters. The van der Waals surface area contributed by atoms with Crippen LogP contribution in [0.25, 0.3) is 0 Å². The number of hydrogen-bond donors (Lipinski definition) is 2. The minimum atomic E-state index is -0.567. The summed E-state index contributed by atoms with van der Waals surface area (Å²) < 4.78 is 0.551. The zero-order valence-corrected chi connectivity index (χ0v) is 14.3. The largest absolute Gasteiger partial charge is 0.350 e. The van der Waals surface area contributed by atoms with E-state index in [9.17, 15) is 9.59 Å². The summed E-state index contributed by atoms with van der Waals surface area (Å²) in [4.78, 5) is 25.0. The summed E-state index contributed by atoms with van der Waals surface area (Å²) in [6, 6.07) is 2.78.